The van der Waals surface area contributed by atoms with Gasteiger partial charge in [-0.2, -0.15) is 0 Å². The molecule has 26 heavy (non-hydrogen) atoms. The zero-order chi connectivity index (χ0) is 18.1. The molecule has 0 aromatic carbocycles. The van der Waals surface area contributed by atoms with Crippen molar-refractivity contribution in [3.05, 3.63) is 42.4 Å². The minimum Gasteiger partial charge on any atom is -0.372 e. The summed E-state index contributed by atoms with van der Waals surface area (Å²) in [5, 5.41) is 0. The number of hydrogen-bond donors (Lipinski definition) is 0. The van der Waals surface area contributed by atoms with Crippen molar-refractivity contribution in [3.8, 4) is 5.82 Å². The fourth-order valence-electron chi connectivity index (χ4n) is 4.37. The number of carbonyl (C=O) groups excluding carboxylic acids is 1. The molecule has 0 radical (unpaired) electrons. The number of rotatable bonds is 5. The molecule has 1 atom stereocenters. The largest absolute Gasteiger partial charge is 0.372 e. The van der Waals surface area contributed by atoms with Crippen LogP contribution in [0.5, 0.6) is 0 Å². The highest BCUT2D eigenvalue weighted by Crippen LogP contribution is 2.46. The first-order valence-corrected chi connectivity index (χ1v) is 9.47. The minimum absolute atomic E-state index is 0.0789. The quantitative estimate of drug-likeness (QED) is 0.828. The lowest BCUT2D eigenvalue weighted by molar-refractivity contribution is -0.135. The van der Waals surface area contributed by atoms with E-state index in [4.69, 9.17) is 4.74 Å². The fraction of sp³-hybridized carbons (Fsp3) is 0.500. The number of aromatic nitrogens is 2. The van der Waals surface area contributed by atoms with Gasteiger partial charge in [-0.25, -0.2) is 4.98 Å². The van der Waals surface area contributed by atoms with Crippen LogP contribution in [0.4, 0.5) is 5.69 Å². The Kier molecular flexibility index (Phi) is 4.44. The number of ether oxygens (including phenoxy) is 1. The van der Waals surface area contributed by atoms with Gasteiger partial charge in [-0.1, -0.05) is 6.92 Å². The second kappa shape index (κ2) is 6.76. The summed E-state index contributed by atoms with van der Waals surface area (Å²) in [6, 6.07) is 8.40. The van der Waals surface area contributed by atoms with Gasteiger partial charge in [0.1, 0.15) is 12.1 Å². The predicted molar refractivity (Wildman–Crippen MR) is 101 cm³/mol. The molecular formula is C20H26N4O2. The Morgan fingerprint density at radius 1 is 1.31 bits per heavy atom. The molecule has 0 unspecified atom stereocenters. The van der Waals surface area contributed by atoms with Crippen molar-refractivity contribution in [2.75, 3.05) is 37.7 Å². The summed E-state index contributed by atoms with van der Waals surface area (Å²) in [4.78, 5) is 21.6. The Hall–Kier alpha value is -2.34. The molecule has 6 heteroatoms. The molecule has 2 aliphatic heterocycles. The van der Waals surface area contributed by atoms with Gasteiger partial charge in [0.2, 0.25) is 5.91 Å². The molecule has 2 aromatic heterocycles. The van der Waals surface area contributed by atoms with Gasteiger partial charge in [0.25, 0.3) is 0 Å². The third-order valence-electron chi connectivity index (χ3n) is 5.50. The lowest BCUT2D eigenvalue weighted by Crippen LogP contribution is -2.53. The number of nitrogens with zero attached hydrogens (tertiary/aromatic N) is 4. The zero-order valence-corrected chi connectivity index (χ0v) is 15.5. The van der Waals surface area contributed by atoms with E-state index in [1.54, 1.807) is 0 Å². The number of pyridine rings is 1. The Morgan fingerprint density at radius 2 is 2.19 bits per heavy atom. The van der Waals surface area contributed by atoms with Gasteiger partial charge in [-0.3, -0.25) is 4.79 Å². The van der Waals surface area contributed by atoms with Gasteiger partial charge in [-0.05, 0) is 44.0 Å². The van der Waals surface area contributed by atoms with Crippen LogP contribution in [0.1, 0.15) is 32.4 Å². The second-order valence-corrected chi connectivity index (χ2v) is 7.00. The molecule has 0 saturated carbocycles. The lowest BCUT2D eigenvalue weighted by atomic mass is 9.88. The average Bonchev–Trinajstić information content (AvgIpc) is 3.32. The maximum absolute atomic E-state index is 12.6. The van der Waals surface area contributed by atoms with Crippen molar-refractivity contribution in [3.63, 3.8) is 0 Å². The molecule has 4 rings (SSSR count). The average molecular weight is 354 g/mol. The second-order valence-electron chi connectivity index (χ2n) is 7.00. The van der Waals surface area contributed by atoms with Crippen molar-refractivity contribution in [2.24, 2.45) is 0 Å². The van der Waals surface area contributed by atoms with Crippen LogP contribution < -0.4 is 4.90 Å². The SMILES string of the molecule is CCCN1c2cccnc2-n2cccc2[C@@]12CCN(C(=O)COCC)C2. The summed E-state index contributed by atoms with van der Waals surface area (Å²) in [6.45, 7) is 7.24. The van der Waals surface area contributed by atoms with Crippen LogP contribution in [0, 0.1) is 0 Å². The summed E-state index contributed by atoms with van der Waals surface area (Å²) >= 11 is 0. The van der Waals surface area contributed by atoms with Gasteiger partial charge >= 0.3 is 0 Å². The van der Waals surface area contributed by atoms with Crippen LogP contribution in [0.15, 0.2) is 36.7 Å². The van der Waals surface area contributed by atoms with Crippen LogP contribution >= 0.6 is 0 Å². The monoisotopic (exact) mass is 354 g/mol. The molecule has 138 valence electrons. The van der Waals surface area contributed by atoms with Crippen LogP contribution in [0.3, 0.4) is 0 Å². The number of fused-ring (bicyclic) bond motifs is 4. The molecule has 0 N–H and O–H groups in total. The predicted octanol–water partition coefficient (Wildman–Crippen LogP) is 2.57. The van der Waals surface area contributed by atoms with E-state index in [9.17, 15) is 4.79 Å². The molecule has 1 spiro atoms. The maximum atomic E-state index is 12.6. The number of anilines is 1. The molecule has 0 aliphatic carbocycles. The normalized spacial score (nSPS) is 21.2. The first-order valence-electron chi connectivity index (χ1n) is 9.47. The van der Waals surface area contributed by atoms with Gasteiger partial charge in [0.15, 0.2) is 5.82 Å². The van der Waals surface area contributed by atoms with E-state index < -0.39 is 0 Å². The van der Waals surface area contributed by atoms with Crippen molar-refractivity contribution in [2.45, 2.75) is 32.2 Å². The summed E-state index contributed by atoms with van der Waals surface area (Å²) in [5.74, 6) is 1.06. The van der Waals surface area contributed by atoms with E-state index in [0.29, 0.717) is 13.2 Å². The molecule has 1 amide bonds. The Bertz CT molecular complexity index is 803. The van der Waals surface area contributed by atoms with E-state index >= 15 is 0 Å². The van der Waals surface area contributed by atoms with E-state index in [-0.39, 0.29) is 18.1 Å². The Balaban J connectivity index is 1.75. The molecule has 1 fully saturated rings. The Labute approximate surface area is 154 Å². The van der Waals surface area contributed by atoms with Crippen molar-refractivity contribution >= 4 is 11.6 Å². The van der Waals surface area contributed by atoms with Gasteiger partial charge < -0.3 is 19.1 Å². The number of likely N-dealkylation sites (tertiary alicyclic amines) is 1. The van der Waals surface area contributed by atoms with Crippen LogP contribution in [-0.4, -0.2) is 53.2 Å². The third kappa shape index (κ3) is 2.51. The van der Waals surface area contributed by atoms with Gasteiger partial charge in [-0.15, -0.1) is 0 Å². The van der Waals surface area contributed by atoms with Crippen molar-refractivity contribution in [1.82, 2.24) is 14.5 Å². The highest BCUT2D eigenvalue weighted by molar-refractivity contribution is 5.78. The molecule has 0 bridgehead atoms. The molecule has 2 aromatic rings. The van der Waals surface area contributed by atoms with E-state index in [1.165, 1.54) is 5.69 Å². The van der Waals surface area contributed by atoms with E-state index in [1.807, 2.05) is 24.1 Å². The summed E-state index contributed by atoms with van der Waals surface area (Å²) in [7, 11) is 0. The van der Waals surface area contributed by atoms with Gasteiger partial charge in [0, 0.05) is 38.6 Å². The fourth-order valence-corrected chi connectivity index (χ4v) is 4.37. The third-order valence-corrected chi connectivity index (χ3v) is 5.50. The first-order chi connectivity index (χ1) is 12.7. The maximum Gasteiger partial charge on any atom is 0.248 e. The number of hydrogen-bond acceptors (Lipinski definition) is 4. The highest BCUT2D eigenvalue weighted by Gasteiger charge is 2.50. The zero-order valence-electron chi connectivity index (χ0n) is 15.5. The molecule has 6 nitrogen and oxygen atoms in total. The first kappa shape index (κ1) is 17.1. The molecule has 1 saturated heterocycles. The van der Waals surface area contributed by atoms with Crippen LogP contribution in [-0.2, 0) is 15.1 Å². The summed E-state index contributed by atoms with van der Waals surface area (Å²) in [6.07, 6.45) is 5.89. The minimum atomic E-state index is -0.197. The lowest BCUT2D eigenvalue weighted by Gasteiger charge is -2.47. The molecular weight excluding hydrogens is 328 g/mol. The van der Waals surface area contributed by atoms with E-state index in [0.717, 1.165) is 37.4 Å². The summed E-state index contributed by atoms with van der Waals surface area (Å²) in [5.41, 5.74) is 2.18. The number of amides is 1. The topological polar surface area (TPSA) is 50.6 Å². The van der Waals surface area contributed by atoms with Crippen LogP contribution in [0.25, 0.3) is 5.82 Å². The van der Waals surface area contributed by atoms with Crippen LogP contribution in [0.2, 0.25) is 0 Å². The number of carbonyl (C=O) groups is 1. The smallest absolute Gasteiger partial charge is 0.248 e. The molecule has 4 heterocycles. The van der Waals surface area contributed by atoms with Crippen molar-refractivity contribution in [1.29, 1.82) is 0 Å². The highest BCUT2D eigenvalue weighted by atomic mass is 16.5. The summed E-state index contributed by atoms with van der Waals surface area (Å²) < 4.78 is 7.54. The van der Waals surface area contributed by atoms with Crippen molar-refractivity contribution < 1.29 is 9.53 Å². The molecule has 2 aliphatic rings. The van der Waals surface area contributed by atoms with E-state index in [2.05, 4.69) is 45.8 Å². The Morgan fingerprint density at radius 3 is 3.00 bits per heavy atom. The standard InChI is InChI=1S/C20H26N4O2/c1-3-11-24-16-7-5-10-21-19(16)23-12-6-8-17(23)20(24)9-13-22(15-20)18(25)14-26-4-2/h5-8,10,12H,3-4,9,11,13-15H2,1-2H3/t20-/m0/s1. The van der Waals surface area contributed by atoms with Gasteiger partial charge in [0.05, 0.1) is 11.4 Å².